The summed E-state index contributed by atoms with van der Waals surface area (Å²) in [6.07, 6.45) is 0. The third-order valence-electron chi connectivity index (χ3n) is 3.47. The second kappa shape index (κ2) is 5.19. The van der Waals surface area contributed by atoms with E-state index in [9.17, 15) is 8.42 Å². The molecule has 7 heteroatoms. The van der Waals surface area contributed by atoms with Crippen LogP contribution in [0, 0.1) is 0 Å². The number of hydrogen-bond donors (Lipinski definition) is 1. The maximum atomic E-state index is 12.5. The molecule has 1 N–H and O–H groups in total. The van der Waals surface area contributed by atoms with E-state index in [4.69, 9.17) is 0 Å². The molecule has 0 aromatic rings. The highest BCUT2D eigenvalue weighted by molar-refractivity contribution is 7.86. The Morgan fingerprint density at radius 3 is 2.35 bits per heavy atom. The highest BCUT2D eigenvalue weighted by atomic mass is 32.2. The summed E-state index contributed by atoms with van der Waals surface area (Å²) in [4.78, 5) is 2.18. The van der Waals surface area contributed by atoms with E-state index in [0.29, 0.717) is 19.6 Å². The van der Waals surface area contributed by atoms with E-state index in [1.54, 1.807) is 8.61 Å². The van der Waals surface area contributed by atoms with Crippen LogP contribution >= 0.6 is 0 Å². The monoisotopic (exact) mass is 262 g/mol. The van der Waals surface area contributed by atoms with Gasteiger partial charge in [0, 0.05) is 51.9 Å². The second-order valence-electron chi connectivity index (χ2n) is 4.88. The van der Waals surface area contributed by atoms with Crippen LogP contribution in [0.4, 0.5) is 0 Å². The smallest absolute Gasteiger partial charge is 0.282 e. The van der Waals surface area contributed by atoms with Gasteiger partial charge in [-0.2, -0.15) is 17.0 Å². The Hall–Kier alpha value is -0.210. The molecule has 0 saturated carbocycles. The summed E-state index contributed by atoms with van der Waals surface area (Å²) in [6, 6.07) is 0.0636. The van der Waals surface area contributed by atoms with Gasteiger partial charge in [0.25, 0.3) is 10.2 Å². The fraction of sp³-hybridized carbons (Fsp3) is 1.00. The molecule has 2 saturated heterocycles. The maximum Gasteiger partial charge on any atom is 0.282 e. The van der Waals surface area contributed by atoms with E-state index < -0.39 is 10.2 Å². The summed E-state index contributed by atoms with van der Waals surface area (Å²) in [5.74, 6) is 0. The van der Waals surface area contributed by atoms with E-state index in [0.717, 1.165) is 26.2 Å². The van der Waals surface area contributed by atoms with Gasteiger partial charge in [-0.25, -0.2) is 0 Å². The molecular weight excluding hydrogens is 240 g/mol. The summed E-state index contributed by atoms with van der Waals surface area (Å²) in [5.41, 5.74) is 0. The minimum Gasteiger partial charge on any atom is -0.314 e. The number of hydrogen-bond acceptors (Lipinski definition) is 4. The lowest BCUT2D eigenvalue weighted by Crippen LogP contribution is -2.59. The molecule has 0 aliphatic carbocycles. The number of nitrogens with one attached hydrogen (secondary N) is 1. The summed E-state index contributed by atoms with van der Waals surface area (Å²) in [6.45, 7) is 6.88. The molecule has 17 heavy (non-hydrogen) atoms. The normalized spacial score (nSPS) is 30.6. The molecule has 0 spiro atoms. The Bertz CT molecular complexity index is 353. The Morgan fingerprint density at radius 1 is 1.12 bits per heavy atom. The molecule has 0 amide bonds. The second-order valence-corrected chi connectivity index (χ2v) is 6.76. The molecule has 0 aromatic heterocycles. The molecule has 0 bridgehead atoms. The first-order valence-electron chi connectivity index (χ1n) is 6.18. The molecule has 2 fully saturated rings. The number of nitrogens with zero attached hydrogens (tertiary/aromatic N) is 3. The van der Waals surface area contributed by atoms with E-state index in [2.05, 4.69) is 10.2 Å². The van der Waals surface area contributed by atoms with Crippen LogP contribution in [0.3, 0.4) is 0 Å². The van der Waals surface area contributed by atoms with Crippen LogP contribution in [0.15, 0.2) is 0 Å². The van der Waals surface area contributed by atoms with Crippen LogP contribution in [0.1, 0.15) is 6.92 Å². The first kappa shape index (κ1) is 13.2. The van der Waals surface area contributed by atoms with Crippen molar-refractivity contribution in [1.82, 2.24) is 18.8 Å². The average molecular weight is 262 g/mol. The lowest BCUT2D eigenvalue weighted by molar-refractivity contribution is 0.160. The maximum absolute atomic E-state index is 12.5. The fourth-order valence-electron chi connectivity index (χ4n) is 2.49. The molecule has 1 atom stereocenters. The molecule has 0 radical (unpaired) electrons. The van der Waals surface area contributed by atoms with Gasteiger partial charge in [0.15, 0.2) is 0 Å². The standard InChI is InChI=1S/C10H22N4O2S/c1-10-9-12(2)7-8-14(10)17(15,16)13-5-3-11-4-6-13/h10-11H,3-9H2,1-2H3. The fourth-order valence-corrected chi connectivity index (χ4v) is 4.26. The molecule has 2 aliphatic rings. The van der Waals surface area contributed by atoms with Crippen molar-refractivity contribution in [2.24, 2.45) is 0 Å². The molecule has 6 nitrogen and oxygen atoms in total. The van der Waals surface area contributed by atoms with Crippen molar-refractivity contribution in [3.05, 3.63) is 0 Å². The van der Waals surface area contributed by atoms with Gasteiger partial charge in [-0.15, -0.1) is 0 Å². The summed E-state index contributed by atoms with van der Waals surface area (Å²) < 4.78 is 28.2. The molecule has 2 rings (SSSR count). The predicted octanol–water partition coefficient (Wildman–Crippen LogP) is -1.23. The van der Waals surface area contributed by atoms with Crippen LogP contribution in [-0.4, -0.2) is 80.8 Å². The summed E-state index contributed by atoms with van der Waals surface area (Å²) in [7, 11) is -1.22. The van der Waals surface area contributed by atoms with Crippen LogP contribution in [0.25, 0.3) is 0 Å². The Labute approximate surface area is 104 Å². The lowest BCUT2D eigenvalue weighted by Gasteiger charge is -2.40. The average Bonchev–Trinajstić information content (AvgIpc) is 2.29. The van der Waals surface area contributed by atoms with Crippen molar-refractivity contribution in [3.63, 3.8) is 0 Å². The zero-order valence-electron chi connectivity index (χ0n) is 10.6. The molecule has 0 aromatic carbocycles. The first-order valence-corrected chi connectivity index (χ1v) is 7.57. The van der Waals surface area contributed by atoms with Crippen LogP contribution in [0.5, 0.6) is 0 Å². The molecular formula is C10H22N4O2S. The van der Waals surface area contributed by atoms with E-state index in [-0.39, 0.29) is 6.04 Å². The topological polar surface area (TPSA) is 55.9 Å². The van der Waals surface area contributed by atoms with E-state index >= 15 is 0 Å². The van der Waals surface area contributed by atoms with Gasteiger partial charge in [0.05, 0.1) is 0 Å². The predicted molar refractivity (Wildman–Crippen MR) is 67.0 cm³/mol. The van der Waals surface area contributed by atoms with Crippen molar-refractivity contribution in [2.45, 2.75) is 13.0 Å². The zero-order valence-corrected chi connectivity index (χ0v) is 11.4. The van der Waals surface area contributed by atoms with Crippen LogP contribution in [-0.2, 0) is 10.2 Å². The van der Waals surface area contributed by atoms with Crippen molar-refractivity contribution in [3.8, 4) is 0 Å². The highest BCUT2D eigenvalue weighted by Crippen LogP contribution is 2.17. The molecule has 100 valence electrons. The molecule has 2 aliphatic heterocycles. The third-order valence-corrected chi connectivity index (χ3v) is 5.62. The van der Waals surface area contributed by atoms with Gasteiger partial charge in [0.1, 0.15) is 0 Å². The summed E-state index contributed by atoms with van der Waals surface area (Å²) in [5, 5.41) is 3.18. The van der Waals surface area contributed by atoms with Crippen molar-refractivity contribution < 1.29 is 8.42 Å². The van der Waals surface area contributed by atoms with Gasteiger partial charge in [0.2, 0.25) is 0 Å². The number of piperazine rings is 2. The van der Waals surface area contributed by atoms with Crippen LogP contribution in [0.2, 0.25) is 0 Å². The third kappa shape index (κ3) is 2.79. The largest absolute Gasteiger partial charge is 0.314 e. The van der Waals surface area contributed by atoms with Gasteiger partial charge < -0.3 is 10.2 Å². The van der Waals surface area contributed by atoms with E-state index in [1.807, 2.05) is 14.0 Å². The minimum atomic E-state index is -3.26. The first-order chi connectivity index (χ1) is 8.01. The SMILES string of the molecule is CC1CN(C)CCN1S(=O)(=O)N1CCNCC1. The van der Waals surface area contributed by atoms with Gasteiger partial charge in [-0.05, 0) is 14.0 Å². The summed E-state index contributed by atoms with van der Waals surface area (Å²) >= 11 is 0. The Kier molecular flexibility index (Phi) is 4.04. The highest BCUT2D eigenvalue weighted by Gasteiger charge is 2.36. The van der Waals surface area contributed by atoms with Gasteiger partial charge in [-0.3, -0.25) is 0 Å². The molecule has 2 heterocycles. The molecule has 1 unspecified atom stereocenters. The van der Waals surface area contributed by atoms with Crippen molar-refractivity contribution >= 4 is 10.2 Å². The van der Waals surface area contributed by atoms with Crippen LogP contribution < -0.4 is 5.32 Å². The van der Waals surface area contributed by atoms with Crippen molar-refractivity contribution in [2.75, 3.05) is 52.9 Å². The Morgan fingerprint density at radius 2 is 1.76 bits per heavy atom. The Balaban J connectivity index is 2.08. The minimum absolute atomic E-state index is 0.0636. The number of rotatable bonds is 2. The lowest BCUT2D eigenvalue weighted by atomic mass is 10.2. The van der Waals surface area contributed by atoms with E-state index in [1.165, 1.54) is 0 Å². The van der Waals surface area contributed by atoms with Gasteiger partial charge >= 0.3 is 0 Å². The van der Waals surface area contributed by atoms with Crippen molar-refractivity contribution in [1.29, 1.82) is 0 Å². The zero-order chi connectivity index (χ0) is 12.5. The number of likely N-dealkylation sites (N-methyl/N-ethyl adjacent to an activating group) is 1. The quantitative estimate of drug-likeness (QED) is 0.677. The van der Waals surface area contributed by atoms with Gasteiger partial charge in [-0.1, -0.05) is 0 Å².